The van der Waals surface area contributed by atoms with Crippen molar-refractivity contribution >= 4 is 21.8 Å². The van der Waals surface area contributed by atoms with Crippen molar-refractivity contribution in [2.45, 2.75) is 30.8 Å². The summed E-state index contributed by atoms with van der Waals surface area (Å²) in [6, 6.07) is 10.4. The number of carbonyl (C=O) groups is 1. The summed E-state index contributed by atoms with van der Waals surface area (Å²) < 4.78 is 66.7. The zero-order chi connectivity index (χ0) is 21.2. The van der Waals surface area contributed by atoms with Gasteiger partial charge in [-0.3, -0.25) is 14.5 Å². The molecule has 2 N–H and O–H groups in total. The maximum Gasteiger partial charge on any atom is 0.573 e. The zero-order valence-electron chi connectivity index (χ0n) is 15.0. The van der Waals surface area contributed by atoms with Gasteiger partial charge in [-0.25, -0.2) is 8.42 Å². The Labute approximate surface area is 164 Å². The molecule has 7 nitrogen and oxygen atoms in total. The lowest BCUT2D eigenvalue weighted by Gasteiger charge is -2.11. The van der Waals surface area contributed by atoms with Crippen LogP contribution in [0.1, 0.15) is 18.1 Å². The number of alkyl halides is 3. The van der Waals surface area contributed by atoms with E-state index in [4.69, 9.17) is 0 Å². The lowest BCUT2D eigenvalue weighted by Crippen LogP contribution is -2.33. The van der Waals surface area contributed by atoms with Gasteiger partial charge in [-0.2, -0.15) is 0 Å². The maximum atomic E-state index is 12.3. The second-order valence-electron chi connectivity index (χ2n) is 6.16. The number of amidine groups is 1. The summed E-state index contributed by atoms with van der Waals surface area (Å²) in [4.78, 5) is 16.5. The number of rotatable bonds is 5. The van der Waals surface area contributed by atoms with Crippen molar-refractivity contribution in [1.82, 2.24) is 10.0 Å². The van der Waals surface area contributed by atoms with Gasteiger partial charge >= 0.3 is 6.36 Å². The number of halogens is 3. The number of amides is 1. The minimum Gasteiger partial charge on any atom is -0.406 e. The van der Waals surface area contributed by atoms with Crippen LogP contribution in [0.5, 0.6) is 5.75 Å². The van der Waals surface area contributed by atoms with Crippen LogP contribution >= 0.6 is 0 Å². The molecule has 0 aromatic heterocycles. The van der Waals surface area contributed by atoms with Crippen molar-refractivity contribution in [3.63, 3.8) is 0 Å². The summed E-state index contributed by atoms with van der Waals surface area (Å²) in [6.07, 6.45) is -4.77. The summed E-state index contributed by atoms with van der Waals surface area (Å²) >= 11 is 0. The van der Waals surface area contributed by atoms with Crippen molar-refractivity contribution in [2.75, 3.05) is 0 Å². The Morgan fingerprint density at radius 3 is 2.48 bits per heavy atom. The van der Waals surface area contributed by atoms with E-state index in [1.165, 1.54) is 25.1 Å². The van der Waals surface area contributed by atoms with Crippen LogP contribution in [-0.4, -0.2) is 32.6 Å². The molecule has 11 heteroatoms. The smallest absolute Gasteiger partial charge is 0.406 e. The van der Waals surface area contributed by atoms with E-state index in [0.717, 1.165) is 12.1 Å². The molecule has 2 aromatic rings. The highest BCUT2D eigenvalue weighted by atomic mass is 32.2. The lowest BCUT2D eigenvalue weighted by atomic mass is 10.2. The second-order valence-corrected chi connectivity index (χ2v) is 7.82. The largest absolute Gasteiger partial charge is 0.573 e. The molecule has 1 aliphatic heterocycles. The Kier molecular flexibility index (Phi) is 5.51. The molecule has 0 aliphatic carbocycles. The molecular weight excluding hydrogens is 411 g/mol. The van der Waals surface area contributed by atoms with Crippen molar-refractivity contribution in [1.29, 1.82) is 0 Å². The molecule has 154 valence electrons. The number of fused-ring (bicyclic) bond motifs is 1. The number of sulfonamides is 1. The van der Waals surface area contributed by atoms with Crippen molar-refractivity contribution in [3.05, 3.63) is 59.7 Å². The number of ether oxygens (including phenoxy) is 1. The molecule has 0 bridgehead atoms. The first-order valence-corrected chi connectivity index (χ1v) is 9.86. The molecule has 0 saturated heterocycles. The van der Waals surface area contributed by atoms with E-state index in [0.29, 0.717) is 11.1 Å². The van der Waals surface area contributed by atoms with E-state index in [-0.39, 0.29) is 23.0 Å². The quantitative estimate of drug-likeness (QED) is 0.766. The minimum atomic E-state index is -4.77. The number of hydrogen-bond donors (Lipinski definition) is 2. The SMILES string of the molecule is C[C@H](N=C1NS(=O)(=O)c2ccccc21)C(=O)NCc1ccc(OC(F)(F)F)cc1. The topological polar surface area (TPSA) is 96.9 Å². The molecule has 29 heavy (non-hydrogen) atoms. The molecule has 0 saturated carbocycles. The Bertz CT molecular complexity index is 1050. The van der Waals surface area contributed by atoms with Gasteiger partial charge in [0.2, 0.25) is 5.91 Å². The normalized spacial score (nSPS) is 17.3. The molecule has 1 atom stereocenters. The average Bonchev–Trinajstić information content (AvgIpc) is 2.90. The molecule has 0 unspecified atom stereocenters. The molecule has 1 amide bonds. The van der Waals surface area contributed by atoms with Crippen molar-refractivity contribution in [2.24, 2.45) is 4.99 Å². The van der Waals surface area contributed by atoms with Crippen LogP contribution in [0.2, 0.25) is 0 Å². The van der Waals surface area contributed by atoms with Crippen molar-refractivity contribution < 1.29 is 31.1 Å². The van der Waals surface area contributed by atoms with Crippen LogP contribution in [0.4, 0.5) is 13.2 Å². The standard InChI is InChI=1S/C18H16F3N3O4S/c1-11(23-16-14-4-2-3-5-15(14)29(26,27)24-16)17(25)22-10-12-6-8-13(9-7-12)28-18(19,20)21/h2-9,11H,10H2,1H3,(H,22,25)(H,23,24)/t11-/m0/s1. The fourth-order valence-corrected chi connectivity index (χ4v) is 3.87. The van der Waals surface area contributed by atoms with Gasteiger partial charge in [-0.05, 0) is 36.8 Å². The summed E-state index contributed by atoms with van der Waals surface area (Å²) in [5.74, 6) is -0.756. The van der Waals surface area contributed by atoms with Gasteiger partial charge < -0.3 is 10.1 Å². The number of hydrogen-bond acceptors (Lipinski definition) is 5. The van der Waals surface area contributed by atoms with E-state index in [9.17, 15) is 26.4 Å². The first-order chi connectivity index (χ1) is 13.5. The third kappa shape index (κ3) is 5.05. The Morgan fingerprint density at radius 1 is 1.17 bits per heavy atom. The van der Waals surface area contributed by atoms with Gasteiger partial charge in [0.05, 0.1) is 4.90 Å². The van der Waals surface area contributed by atoms with Gasteiger partial charge in [0.15, 0.2) is 0 Å². The summed E-state index contributed by atoms with van der Waals surface area (Å²) in [7, 11) is -3.70. The number of aliphatic imine (C=N–C) groups is 1. The second kappa shape index (κ2) is 7.74. The fourth-order valence-electron chi connectivity index (χ4n) is 2.63. The first-order valence-electron chi connectivity index (χ1n) is 8.37. The first kappa shape index (κ1) is 20.6. The molecule has 3 rings (SSSR count). The molecule has 1 aliphatic rings. The number of carbonyl (C=O) groups excluding carboxylic acids is 1. The van der Waals surface area contributed by atoms with Crippen LogP contribution in [0.15, 0.2) is 58.4 Å². The minimum absolute atomic E-state index is 0.0582. The highest BCUT2D eigenvalue weighted by Gasteiger charge is 2.32. The molecular formula is C18H16F3N3O4S. The zero-order valence-corrected chi connectivity index (χ0v) is 15.8. The average molecular weight is 427 g/mol. The van der Waals surface area contributed by atoms with Crippen molar-refractivity contribution in [3.8, 4) is 5.75 Å². The van der Waals surface area contributed by atoms with E-state index in [1.54, 1.807) is 18.2 Å². The molecule has 0 radical (unpaired) electrons. The number of benzene rings is 2. The number of nitrogens with one attached hydrogen (secondary N) is 2. The summed E-state index contributed by atoms with van der Waals surface area (Å²) in [6.45, 7) is 1.56. The maximum absolute atomic E-state index is 12.3. The lowest BCUT2D eigenvalue weighted by molar-refractivity contribution is -0.274. The van der Waals surface area contributed by atoms with Crippen LogP contribution in [0.25, 0.3) is 0 Å². The van der Waals surface area contributed by atoms with E-state index >= 15 is 0 Å². The monoisotopic (exact) mass is 427 g/mol. The third-order valence-electron chi connectivity index (χ3n) is 3.99. The van der Waals surface area contributed by atoms with Gasteiger partial charge in [0, 0.05) is 12.1 Å². The molecule has 0 fully saturated rings. The van der Waals surface area contributed by atoms with Crippen LogP contribution in [0, 0.1) is 0 Å². The van der Waals surface area contributed by atoms with Crippen LogP contribution in [-0.2, 0) is 21.4 Å². The molecule has 2 aromatic carbocycles. The predicted octanol–water partition coefficient (Wildman–Crippen LogP) is 2.33. The van der Waals surface area contributed by atoms with Gasteiger partial charge in [-0.15, -0.1) is 13.2 Å². The van der Waals surface area contributed by atoms with Gasteiger partial charge in [-0.1, -0.05) is 24.3 Å². The van der Waals surface area contributed by atoms with E-state index in [1.807, 2.05) is 0 Å². The van der Waals surface area contributed by atoms with Crippen LogP contribution in [0.3, 0.4) is 0 Å². The van der Waals surface area contributed by atoms with E-state index < -0.39 is 28.3 Å². The van der Waals surface area contributed by atoms with E-state index in [2.05, 4.69) is 19.8 Å². The summed E-state index contributed by atoms with van der Waals surface area (Å²) in [5.41, 5.74) is 0.937. The summed E-state index contributed by atoms with van der Waals surface area (Å²) in [5, 5.41) is 2.60. The third-order valence-corrected chi connectivity index (χ3v) is 5.39. The number of nitrogens with zero attached hydrogens (tertiary/aromatic N) is 1. The van der Waals surface area contributed by atoms with Gasteiger partial charge in [0.1, 0.15) is 17.6 Å². The highest BCUT2D eigenvalue weighted by molar-refractivity contribution is 7.90. The highest BCUT2D eigenvalue weighted by Crippen LogP contribution is 2.23. The molecule has 1 heterocycles. The Hall–Kier alpha value is -3.08. The molecule has 0 spiro atoms. The predicted molar refractivity (Wildman–Crippen MR) is 97.7 cm³/mol. The van der Waals surface area contributed by atoms with Gasteiger partial charge in [0.25, 0.3) is 10.0 Å². The van der Waals surface area contributed by atoms with Crippen LogP contribution < -0.4 is 14.8 Å². The Morgan fingerprint density at radius 2 is 1.83 bits per heavy atom. The Balaban J connectivity index is 1.63. The fraction of sp³-hybridized carbons (Fsp3) is 0.222.